The van der Waals surface area contributed by atoms with Crippen LogP contribution in [0.25, 0.3) is 10.9 Å². The second-order valence-electron chi connectivity index (χ2n) is 7.20. The molecule has 2 aliphatic heterocycles. The van der Waals surface area contributed by atoms with Crippen molar-refractivity contribution in [3.8, 4) is 0 Å². The Bertz CT molecular complexity index is 749. The van der Waals surface area contributed by atoms with Crippen LogP contribution in [0.5, 0.6) is 0 Å². The van der Waals surface area contributed by atoms with Crippen molar-refractivity contribution in [1.82, 2.24) is 4.98 Å². The highest BCUT2D eigenvalue weighted by Gasteiger charge is 2.44. The maximum atomic E-state index is 13.5. The molecule has 2 aromatic rings. The second-order valence-corrected chi connectivity index (χ2v) is 7.20. The summed E-state index contributed by atoms with van der Waals surface area (Å²) in [6.07, 6.45) is 2.76. The molecule has 3 atom stereocenters. The zero-order valence-electron chi connectivity index (χ0n) is 13.9. The Balaban J connectivity index is 1.67. The summed E-state index contributed by atoms with van der Waals surface area (Å²) in [4.78, 5) is 6.94. The van der Waals surface area contributed by atoms with Gasteiger partial charge in [0.25, 0.3) is 0 Å². The fraction of sp³-hybridized carbons (Fsp3) is 0.526. The SMILES string of the molecule is C[C@]1(O)CCOC[C@@H]1[C@H]1CCCN1c1ccc2ccc(F)cc2n1. The molecular formula is C19H23FN2O2. The van der Waals surface area contributed by atoms with E-state index < -0.39 is 5.60 Å². The molecule has 0 aliphatic carbocycles. The molecule has 0 unspecified atom stereocenters. The van der Waals surface area contributed by atoms with Crippen molar-refractivity contribution in [2.24, 2.45) is 5.92 Å². The number of aromatic nitrogens is 1. The topological polar surface area (TPSA) is 45.6 Å². The van der Waals surface area contributed by atoms with Crippen molar-refractivity contribution in [1.29, 1.82) is 0 Å². The maximum Gasteiger partial charge on any atom is 0.129 e. The maximum absolute atomic E-state index is 13.5. The fourth-order valence-electron chi connectivity index (χ4n) is 4.11. The first-order chi connectivity index (χ1) is 11.5. The Morgan fingerprint density at radius 1 is 1.33 bits per heavy atom. The summed E-state index contributed by atoms with van der Waals surface area (Å²) in [7, 11) is 0. The van der Waals surface area contributed by atoms with Gasteiger partial charge in [-0.1, -0.05) is 0 Å². The average molecular weight is 330 g/mol. The first kappa shape index (κ1) is 15.8. The molecular weight excluding hydrogens is 307 g/mol. The van der Waals surface area contributed by atoms with E-state index in [1.54, 1.807) is 6.07 Å². The number of hydrogen-bond donors (Lipinski definition) is 1. The largest absolute Gasteiger partial charge is 0.390 e. The number of benzene rings is 1. The van der Waals surface area contributed by atoms with Crippen LogP contribution in [0.2, 0.25) is 0 Å². The smallest absolute Gasteiger partial charge is 0.129 e. The molecule has 0 amide bonds. The van der Waals surface area contributed by atoms with Gasteiger partial charge in [-0.15, -0.1) is 0 Å². The Labute approximate surface area is 141 Å². The van der Waals surface area contributed by atoms with Crippen LogP contribution in [-0.4, -0.2) is 41.5 Å². The van der Waals surface area contributed by atoms with Gasteiger partial charge in [-0.25, -0.2) is 9.37 Å². The number of ether oxygens (including phenoxy) is 1. The predicted molar refractivity (Wildman–Crippen MR) is 91.6 cm³/mol. The van der Waals surface area contributed by atoms with E-state index in [0.717, 1.165) is 30.6 Å². The number of fused-ring (bicyclic) bond motifs is 1. The van der Waals surface area contributed by atoms with Gasteiger partial charge in [0, 0.05) is 36.6 Å². The lowest BCUT2D eigenvalue weighted by Gasteiger charge is -2.43. The van der Waals surface area contributed by atoms with Gasteiger partial charge in [-0.2, -0.15) is 0 Å². The summed E-state index contributed by atoms with van der Waals surface area (Å²) in [6, 6.07) is 8.88. The highest BCUT2D eigenvalue weighted by Crippen LogP contribution is 2.37. The second kappa shape index (κ2) is 5.97. The predicted octanol–water partition coefficient (Wildman–Crippen LogP) is 3.13. The van der Waals surface area contributed by atoms with E-state index in [1.807, 2.05) is 19.1 Å². The number of anilines is 1. The van der Waals surface area contributed by atoms with Gasteiger partial charge in [-0.3, -0.25) is 0 Å². The van der Waals surface area contributed by atoms with Crippen molar-refractivity contribution < 1.29 is 14.2 Å². The first-order valence-corrected chi connectivity index (χ1v) is 8.68. The highest BCUT2D eigenvalue weighted by molar-refractivity contribution is 5.80. The van der Waals surface area contributed by atoms with Crippen LogP contribution in [0.4, 0.5) is 10.2 Å². The van der Waals surface area contributed by atoms with Gasteiger partial charge in [0.2, 0.25) is 0 Å². The third-order valence-electron chi connectivity index (χ3n) is 5.55. The molecule has 4 rings (SSSR count). The summed E-state index contributed by atoms with van der Waals surface area (Å²) in [5, 5.41) is 11.7. The van der Waals surface area contributed by atoms with E-state index in [4.69, 9.17) is 4.74 Å². The Kier molecular flexibility index (Phi) is 3.93. The zero-order chi connectivity index (χ0) is 16.7. The minimum absolute atomic E-state index is 0.0683. The van der Waals surface area contributed by atoms with Crippen LogP contribution in [0.15, 0.2) is 30.3 Å². The summed E-state index contributed by atoms with van der Waals surface area (Å²) < 4.78 is 19.2. The molecule has 0 saturated carbocycles. The molecule has 3 heterocycles. The number of rotatable bonds is 2. The lowest BCUT2D eigenvalue weighted by molar-refractivity contribution is -0.108. The number of nitrogens with zero attached hydrogens (tertiary/aromatic N) is 2. The van der Waals surface area contributed by atoms with E-state index >= 15 is 0 Å². The van der Waals surface area contributed by atoms with Gasteiger partial charge in [0.1, 0.15) is 11.6 Å². The molecule has 1 aromatic carbocycles. The summed E-state index contributed by atoms with van der Waals surface area (Å²) >= 11 is 0. The van der Waals surface area contributed by atoms with Crippen molar-refractivity contribution in [2.75, 3.05) is 24.7 Å². The molecule has 2 saturated heterocycles. The molecule has 4 nitrogen and oxygen atoms in total. The number of halogens is 1. The molecule has 1 aromatic heterocycles. The summed E-state index contributed by atoms with van der Waals surface area (Å²) in [5.74, 6) is 0.657. The minimum atomic E-state index is -0.714. The lowest BCUT2D eigenvalue weighted by atomic mass is 9.79. The Morgan fingerprint density at radius 2 is 2.17 bits per heavy atom. The summed E-state index contributed by atoms with van der Waals surface area (Å²) in [6.45, 7) is 4.02. The average Bonchev–Trinajstić information content (AvgIpc) is 3.03. The highest BCUT2D eigenvalue weighted by atomic mass is 19.1. The van der Waals surface area contributed by atoms with E-state index in [2.05, 4.69) is 9.88 Å². The molecule has 0 radical (unpaired) electrons. The molecule has 24 heavy (non-hydrogen) atoms. The summed E-state index contributed by atoms with van der Waals surface area (Å²) in [5.41, 5.74) is -0.0427. The van der Waals surface area contributed by atoms with Crippen molar-refractivity contribution in [3.05, 3.63) is 36.1 Å². The number of pyridine rings is 1. The van der Waals surface area contributed by atoms with E-state index in [0.29, 0.717) is 25.2 Å². The van der Waals surface area contributed by atoms with Crippen molar-refractivity contribution in [2.45, 2.75) is 37.8 Å². The molecule has 0 spiro atoms. The molecule has 2 fully saturated rings. The van der Waals surface area contributed by atoms with Gasteiger partial charge in [-0.05, 0) is 50.5 Å². The zero-order valence-corrected chi connectivity index (χ0v) is 13.9. The number of hydrogen-bond acceptors (Lipinski definition) is 4. The van der Waals surface area contributed by atoms with Crippen LogP contribution in [0, 0.1) is 11.7 Å². The van der Waals surface area contributed by atoms with Crippen LogP contribution < -0.4 is 4.90 Å². The molecule has 2 aliphatic rings. The Morgan fingerprint density at radius 3 is 3.00 bits per heavy atom. The molecule has 1 N–H and O–H groups in total. The van der Waals surface area contributed by atoms with Crippen molar-refractivity contribution in [3.63, 3.8) is 0 Å². The quantitative estimate of drug-likeness (QED) is 0.919. The standard InChI is InChI=1S/C19H23FN2O2/c1-19(23)8-10-24-12-15(19)17-3-2-9-22(17)18-7-5-13-4-6-14(20)11-16(13)21-18/h4-7,11,15,17,23H,2-3,8-10,12H2,1H3/t15-,17-,19+/m1/s1. The van der Waals surface area contributed by atoms with E-state index in [1.165, 1.54) is 12.1 Å². The number of aliphatic hydroxyl groups is 1. The normalized spacial score (nSPS) is 30.9. The van der Waals surface area contributed by atoms with E-state index in [-0.39, 0.29) is 17.8 Å². The first-order valence-electron chi connectivity index (χ1n) is 8.68. The van der Waals surface area contributed by atoms with Crippen LogP contribution >= 0.6 is 0 Å². The van der Waals surface area contributed by atoms with Crippen LogP contribution in [-0.2, 0) is 4.74 Å². The molecule has 5 heteroatoms. The van der Waals surface area contributed by atoms with E-state index in [9.17, 15) is 9.50 Å². The fourth-order valence-corrected chi connectivity index (χ4v) is 4.11. The minimum Gasteiger partial charge on any atom is -0.390 e. The lowest BCUT2D eigenvalue weighted by Crippen LogP contribution is -2.52. The van der Waals surface area contributed by atoms with Crippen LogP contribution in [0.3, 0.4) is 0 Å². The third-order valence-corrected chi connectivity index (χ3v) is 5.55. The van der Waals surface area contributed by atoms with Crippen molar-refractivity contribution >= 4 is 16.7 Å². The van der Waals surface area contributed by atoms with Gasteiger partial charge < -0.3 is 14.7 Å². The third kappa shape index (κ3) is 2.76. The van der Waals surface area contributed by atoms with Gasteiger partial charge in [0.15, 0.2) is 0 Å². The van der Waals surface area contributed by atoms with Gasteiger partial charge in [0.05, 0.1) is 17.7 Å². The Hall–Kier alpha value is -1.72. The van der Waals surface area contributed by atoms with Crippen LogP contribution in [0.1, 0.15) is 26.2 Å². The monoisotopic (exact) mass is 330 g/mol. The molecule has 0 bridgehead atoms. The molecule has 128 valence electrons. The van der Waals surface area contributed by atoms with Gasteiger partial charge >= 0.3 is 0 Å².